The van der Waals surface area contributed by atoms with E-state index in [9.17, 15) is 4.39 Å². The quantitative estimate of drug-likeness (QED) is 0.793. The monoisotopic (exact) mass is 275 g/mol. The maximum absolute atomic E-state index is 12.9. The minimum Gasteiger partial charge on any atom is -0.313 e. The number of fused-ring (bicyclic) bond motifs is 1. The lowest BCUT2D eigenvalue weighted by atomic mass is 10.0. The molecule has 3 aromatic rings. The Balaban J connectivity index is 1.83. The van der Waals surface area contributed by atoms with Crippen molar-refractivity contribution in [2.45, 2.75) is 12.5 Å². The molecule has 98 valence electrons. The molecule has 5 heteroatoms. The second-order valence-electron chi connectivity index (χ2n) is 4.42. The predicted molar refractivity (Wildman–Crippen MR) is 75.0 cm³/mol. The van der Waals surface area contributed by atoms with E-state index in [1.807, 2.05) is 41.4 Å². The third-order valence-electron chi connectivity index (χ3n) is 3.18. The van der Waals surface area contributed by atoms with Gasteiger partial charge >= 0.3 is 0 Å². The minimum atomic E-state index is -0.207. The van der Waals surface area contributed by atoms with Gasteiger partial charge in [0.1, 0.15) is 5.82 Å². The van der Waals surface area contributed by atoms with E-state index in [0.717, 1.165) is 22.6 Å². The van der Waals surface area contributed by atoms with Crippen LogP contribution >= 0.6 is 11.3 Å². The summed E-state index contributed by atoms with van der Waals surface area (Å²) in [6.45, 7) is 0. The second-order valence-corrected chi connectivity index (χ2v) is 5.30. The molecule has 3 rings (SSSR count). The van der Waals surface area contributed by atoms with Crippen LogP contribution in [0.4, 0.5) is 4.39 Å². The zero-order valence-corrected chi connectivity index (χ0v) is 11.3. The zero-order valence-electron chi connectivity index (χ0n) is 10.5. The third kappa shape index (κ3) is 2.52. The first-order chi connectivity index (χ1) is 9.26. The summed E-state index contributed by atoms with van der Waals surface area (Å²) in [6, 6.07) is 6.76. The van der Waals surface area contributed by atoms with Crippen LogP contribution in [-0.2, 0) is 6.42 Å². The molecule has 1 atom stereocenters. The van der Waals surface area contributed by atoms with Crippen molar-refractivity contribution in [3.8, 4) is 0 Å². The summed E-state index contributed by atoms with van der Waals surface area (Å²) in [4.78, 5) is 5.57. The summed E-state index contributed by atoms with van der Waals surface area (Å²) in [5.74, 6) is -0.207. The van der Waals surface area contributed by atoms with E-state index < -0.39 is 0 Å². The van der Waals surface area contributed by atoms with E-state index in [2.05, 4.69) is 10.3 Å². The third-order valence-corrected chi connectivity index (χ3v) is 3.95. The van der Waals surface area contributed by atoms with Crippen LogP contribution in [0.2, 0.25) is 0 Å². The number of hydrogen-bond donors (Lipinski definition) is 1. The van der Waals surface area contributed by atoms with E-state index in [1.165, 1.54) is 12.1 Å². The molecule has 0 saturated carbocycles. The largest absolute Gasteiger partial charge is 0.313 e. The molecule has 0 radical (unpaired) electrons. The summed E-state index contributed by atoms with van der Waals surface area (Å²) in [5.41, 5.74) is 2.11. The van der Waals surface area contributed by atoms with Gasteiger partial charge in [0.15, 0.2) is 4.96 Å². The van der Waals surface area contributed by atoms with Gasteiger partial charge in [-0.1, -0.05) is 12.1 Å². The molecule has 2 heterocycles. The van der Waals surface area contributed by atoms with Crippen molar-refractivity contribution in [3.63, 3.8) is 0 Å². The van der Waals surface area contributed by atoms with E-state index in [4.69, 9.17) is 0 Å². The fourth-order valence-corrected chi connectivity index (χ4v) is 2.88. The van der Waals surface area contributed by atoms with E-state index >= 15 is 0 Å². The number of likely N-dealkylation sites (N-methyl/N-ethyl adjacent to an activating group) is 1. The highest BCUT2D eigenvalue weighted by Gasteiger charge is 2.12. The highest BCUT2D eigenvalue weighted by Crippen LogP contribution is 2.20. The molecule has 1 N–H and O–H groups in total. The standard InChI is InChI=1S/C14H14FN3S/c1-16-13(10-2-4-11(15)5-3-10)8-12-9-18-6-7-19-14(18)17-12/h2-7,9,13,16H,8H2,1H3. The molecular weight excluding hydrogens is 261 g/mol. The van der Waals surface area contributed by atoms with Crippen molar-refractivity contribution in [2.24, 2.45) is 0 Å². The van der Waals surface area contributed by atoms with Crippen LogP contribution in [0.25, 0.3) is 4.96 Å². The first kappa shape index (κ1) is 12.3. The number of nitrogens with zero attached hydrogens (tertiary/aromatic N) is 2. The first-order valence-corrected chi connectivity index (χ1v) is 6.98. The Morgan fingerprint density at radius 3 is 2.84 bits per heavy atom. The van der Waals surface area contributed by atoms with Gasteiger partial charge in [0, 0.05) is 30.2 Å². The number of benzene rings is 1. The average Bonchev–Trinajstić information content (AvgIpc) is 2.98. The number of halogens is 1. The van der Waals surface area contributed by atoms with Gasteiger partial charge in [-0.05, 0) is 24.7 Å². The molecule has 1 aromatic carbocycles. The summed E-state index contributed by atoms with van der Waals surface area (Å²) < 4.78 is 15.0. The fraction of sp³-hybridized carbons (Fsp3) is 0.214. The number of thiazole rings is 1. The van der Waals surface area contributed by atoms with Gasteiger partial charge in [-0.25, -0.2) is 9.37 Å². The fourth-order valence-electron chi connectivity index (χ4n) is 2.17. The summed E-state index contributed by atoms with van der Waals surface area (Å²) in [5, 5.41) is 5.27. The van der Waals surface area contributed by atoms with Gasteiger partial charge in [0.05, 0.1) is 5.69 Å². The molecule has 0 aliphatic heterocycles. The molecule has 0 aliphatic carbocycles. The molecule has 2 aromatic heterocycles. The molecule has 0 saturated heterocycles. The minimum absolute atomic E-state index is 0.144. The molecule has 1 unspecified atom stereocenters. The number of imidazole rings is 1. The molecule has 3 nitrogen and oxygen atoms in total. The van der Waals surface area contributed by atoms with Crippen LogP contribution in [0.3, 0.4) is 0 Å². The lowest BCUT2D eigenvalue weighted by Gasteiger charge is -2.15. The van der Waals surface area contributed by atoms with Crippen molar-refractivity contribution in [1.29, 1.82) is 0 Å². The molecule has 0 aliphatic rings. The van der Waals surface area contributed by atoms with Crippen molar-refractivity contribution in [1.82, 2.24) is 14.7 Å². The normalized spacial score (nSPS) is 12.9. The number of rotatable bonds is 4. The summed E-state index contributed by atoms with van der Waals surface area (Å²) in [7, 11) is 1.91. The SMILES string of the molecule is CNC(Cc1cn2ccsc2n1)c1ccc(F)cc1. The topological polar surface area (TPSA) is 29.3 Å². The average molecular weight is 275 g/mol. The molecule has 0 amide bonds. The van der Waals surface area contributed by atoms with E-state index in [0.29, 0.717) is 0 Å². The van der Waals surface area contributed by atoms with Gasteiger partial charge in [0.2, 0.25) is 0 Å². The Hall–Kier alpha value is -1.72. The Bertz CT molecular complexity index is 643. The Kier molecular flexibility index (Phi) is 3.31. The van der Waals surface area contributed by atoms with Crippen molar-refractivity contribution in [3.05, 3.63) is 59.1 Å². The Labute approximate surface area is 114 Å². The molecule has 0 bridgehead atoms. The van der Waals surface area contributed by atoms with Crippen LogP contribution in [0, 0.1) is 5.82 Å². The Morgan fingerprint density at radius 1 is 1.37 bits per heavy atom. The van der Waals surface area contributed by atoms with Crippen LogP contribution in [0.15, 0.2) is 42.0 Å². The van der Waals surface area contributed by atoms with Gasteiger partial charge in [-0.15, -0.1) is 11.3 Å². The number of nitrogens with one attached hydrogen (secondary N) is 1. The van der Waals surface area contributed by atoms with Crippen LogP contribution in [-0.4, -0.2) is 16.4 Å². The molecule has 19 heavy (non-hydrogen) atoms. The van der Waals surface area contributed by atoms with Gasteiger partial charge in [-0.3, -0.25) is 4.40 Å². The highest BCUT2D eigenvalue weighted by atomic mass is 32.1. The Morgan fingerprint density at radius 2 is 2.16 bits per heavy atom. The predicted octanol–water partition coefficient (Wildman–Crippen LogP) is 3.04. The van der Waals surface area contributed by atoms with Crippen LogP contribution in [0.1, 0.15) is 17.3 Å². The van der Waals surface area contributed by atoms with E-state index in [-0.39, 0.29) is 11.9 Å². The van der Waals surface area contributed by atoms with Crippen LogP contribution in [0.5, 0.6) is 0 Å². The van der Waals surface area contributed by atoms with E-state index in [1.54, 1.807) is 11.3 Å². The summed E-state index contributed by atoms with van der Waals surface area (Å²) >= 11 is 1.62. The smallest absolute Gasteiger partial charge is 0.193 e. The van der Waals surface area contributed by atoms with Gasteiger partial charge < -0.3 is 5.32 Å². The van der Waals surface area contributed by atoms with Crippen LogP contribution < -0.4 is 5.32 Å². The second kappa shape index (κ2) is 5.11. The van der Waals surface area contributed by atoms with Gasteiger partial charge in [0.25, 0.3) is 0 Å². The van der Waals surface area contributed by atoms with Crippen molar-refractivity contribution < 1.29 is 4.39 Å². The number of aromatic nitrogens is 2. The lowest BCUT2D eigenvalue weighted by molar-refractivity contribution is 0.581. The highest BCUT2D eigenvalue weighted by molar-refractivity contribution is 7.15. The number of hydrogen-bond acceptors (Lipinski definition) is 3. The maximum Gasteiger partial charge on any atom is 0.193 e. The summed E-state index contributed by atoms with van der Waals surface area (Å²) in [6.07, 6.45) is 4.83. The molecule has 0 fully saturated rings. The van der Waals surface area contributed by atoms with Crippen molar-refractivity contribution in [2.75, 3.05) is 7.05 Å². The first-order valence-electron chi connectivity index (χ1n) is 6.10. The maximum atomic E-state index is 12.9. The molecular formula is C14H14FN3S. The molecule has 0 spiro atoms. The van der Waals surface area contributed by atoms with Crippen molar-refractivity contribution >= 4 is 16.3 Å². The lowest BCUT2D eigenvalue weighted by Crippen LogP contribution is -2.19. The van der Waals surface area contributed by atoms with Gasteiger partial charge in [-0.2, -0.15) is 0 Å². The zero-order chi connectivity index (χ0) is 13.2.